The second-order valence-electron chi connectivity index (χ2n) is 4.95. The van der Waals surface area contributed by atoms with Crippen molar-refractivity contribution in [1.82, 2.24) is 9.62 Å². The number of nitro groups is 1. The quantitative estimate of drug-likeness (QED) is 0.663. The smallest absolute Gasteiger partial charge is 0.270 e. The normalized spacial score (nSPS) is 24.5. The molecule has 2 rings (SSSR count). The summed E-state index contributed by atoms with van der Waals surface area (Å²) in [5.41, 5.74) is -0.221. The van der Waals surface area contributed by atoms with Crippen LogP contribution in [0.25, 0.3) is 0 Å². The Morgan fingerprint density at radius 1 is 1.30 bits per heavy atom. The van der Waals surface area contributed by atoms with Gasteiger partial charge in [0.15, 0.2) is 0 Å². The molecule has 2 atom stereocenters. The first kappa shape index (κ1) is 14.9. The summed E-state index contributed by atoms with van der Waals surface area (Å²) in [6.07, 6.45) is 0. The fraction of sp³-hybridized carbons (Fsp3) is 0.500. The van der Waals surface area contributed by atoms with Crippen LogP contribution in [0.15, 0.2) is 29.2 Å². The van der Waals surface area contributed by atoms with Gasteiger partial charge in [-0.25, -0.2) is 8.42 Å². The molecular formula is C12H17N3O4S. The van der Waals surface area contributed by atoms with Crippen molar-refractivity contribution in [2.45, 2.75) is 30.8 Å². The van der Waals surface area contributed by atoms with Gasteiger partial charge in [0, 0.05) is 37.3 Å². The van der Waals surface area contributed by atoms with Gasteiger partial charge in [0.25, 0.3) is 5.69 Å². The fourth-order valence-electron chi connectivity index (χ4n) is 2.47. The Morgan fingerprint density at radius 3 is 2.45 bits per heavy atom. The minimum Gasteiger partial charge on any atom is -0.314 e. The van der Waals surface area contributed by atoms with Crippen molar-refractivity contribution in [3.05, 3.63) is 34.4 Å². The molecule has 8 heteroatoms. The highest BCUT2D eigenvalue weighted by molar-refractivity contribution is 7.89. The molecule has 1 fully saturated rings. The van der Waals surface area contributed by atoms with Crippen LogP contribution in [0.4, 0.5) is 5.69 Å². The van der Waals surface area contributed by atoms with E-state index in [0.29, 0.717) is 13.1 Å². The molecule has 0 aromatic heterocycles. The van der Waals surface area contributed by atoms with E-state index in [0.717, 1.165) is 6.07 Å². The Balaban J connectivity index is 2.44. The SMILES string of the molecule is CC1CNCC(C)N1S(=O)(=O)c1cccc([N+](=O)[O-])c1. The summed E-state index contributed by atoms with van der Waals surface area (Å²) in [6, 6.07) is 4.79. The van der Waals surface area contributed by atoms with Crippen molar-refractivity contribution >= 4 is 15.7 Å². The lowest BCUT2D eigenvalue weighted by molar-refractivity contribution is -0.385. The molecule has 1 N–H and O–H groups in total. The predicted molar refractivity (Wildman–Crippen MR) is 73.9 cm³/mol. The molecule has 0 radical (unpaired) electrons. The summed E-state index contributed by atoms with van der Waals surface area (Å²) in [5, 5.41) is 13.9. The van der Waals surface area contributed by atoms with Gasteiger partial charge in [-0.15, -0.1) is 0 Å². The minimum atomic E-state index is -3.73. The Kier molecular flexibility index (Phi) is 4.07. The highest BCUT2D eigenvalue weighted by Crippen LogP contribution is 2.25. The maximum Gasteiger partial charge on any atom is 0.270 e. The maximum atomic E-state index is 12.7. The number of hydrogen-bond acceptors (Lipinski definition) is 5. The molecule has 1 aliphatic rings. The highest BCUT2D eigenvalue weighted by Gasteiger charge is 2.36. The number of non-ortho nitro benzene ring substituents is 1. The second kappa shape index (κ2) is 5.47. The van der Waals surface area contributed by atoms with E-state index in [4.69, 9.17) is 0 Å². The fourth-order valence-corrected chi connectivity index (χ4v) is 4.33. The summed E-state index contributed by atoms with van der Waals surface area (Å²) < 4.78 is 26.7. The van der Waals surface area contributed by atoms with Gasteiger partial charge in [0.1, 0.15) is 0 Å². The molecule has 0 saturated carbocycles. The minimum absolute atomic E-state index is 0.0349. The van der Waals surface area contributed by atoms with Crippen LogP contribution in [-0.2, 0) is 10.0 Å². The Morgan fingerprint density at radius 2 is 1.90 bits per heavy atom. The van der Waals surface area contributed by atoms with E-state index in [1.165, 1.54) is 22.5 Å². The molecular weight excluding hydrogens is 282 g/mol. The predicted octanol–water partition coefficient (Wildman–Crippen LogP) is 0.966. The van der Waals surface area contributed by atoms with Gasteiger partial charge >= 0.3 is 0 Å². The molecule has 1 aromatic rings. The molecule has 2 unspecified atom stereocenters. The van der Waals surface area contributed by atoms with Crippen molar-refractivity contribution in [2.75, 3.05) is 13.1 Å². The van der Waals surface area contributed by atoms with Crippen molar-refractivity contribution < 1.29 is 13.3 Å². The standard InChI is InChI=1S/C12H17N3O4S/c1-9-7-13-8-10(2)14(9)20(18,19)12-5-3-4-11(6-12)15(16)17/h3-6,9-10,13H,7-8H2,1-2H3. The van der Waals surface area contributed by atoms with Crippen LogP contribution in [0.5, 0.6) is 0 Å². The molecule has 7 nitrogen and oxygen atoms in total. The number of nitrogens with zero attached hydrogens (tertiary/aromatic N) is 2. The average Bonchev–Trinajstić information content (AvgIpc) is 2.38. The van der Waals surface area contributed by atoms with E-state index in [-0.39, 0.29) is 22.7 Å². The highest BCUT2D eigenvalue weighted by atomic mass is 32.2. The number of rotatable bonds is 3. The lowest BCUT2D eigenvalue weighted by Gasteiger charge is -2.38. The third-order valence-electron chi connectivity index (χ3n) is 3.35. The van der Waals surface area contributed by atoms with Crippen LogP contribution in [-0.4, -0.2) is 42.8 Å². The Bertz CT molecular complexity index is 607. The van der Waals surface area contributed by atoms with Gasteiger partial charge in [-0.2, -0.15) is 4.31 Å². The first-order valence-electron chi connectivity index (χ1n) is 6.32. The van der Waals surface area contributed by atoms with E-state index in [2.05, 4.69) is 5.32 Å². The number of nitrogens with one attached hydrogen (secondary N) is 1. The van der Waals surface area contributed by atoms with Crippen LogP contribution in [0.1, 0.15) is 13.8 Å². The lowest BCUT2D eigenvalue weighted by Crippen LogP contribution is -2.57. The van der Waals surface area contributed by atoms with E-state index >= 15 is 0 Å². The van der Waals surface area contributed by atoms with Crippen LogP contribution in [0.3, 0.4) is 0 Å². The zero-order chi connectivity index (χ0) is 14.9. The summed E-state index contributed by atoms with van der Waals surface area (Å²) in [6.45, 7) is 4.77. The van der Waals surface area contributed by atoms with Gasteiger partial charge in [0.05, 0.1) is 9.82 Å². The second-order valence-corrected chi connectivity index (χ2v) is 6.79. The summed E-state index contributed by atoms with van der Waals surface area (Å²) in [5.74, 6) is 0. The van der Waals surface area contributed by atoms with Crippen LogP contribution < -0.4 is 5.32 Å². The number of piperazine rings is 1. The molecule has 0 amide bonds. The van der Waals surface area contributed by atoms with Gasteiger partial charge in [-0.1, -0.05) is 6.07 Å². The van der Waals surface area contributed by atoms with Crippen LogP contribution in [0.2, 0.25) is 0 Å². The number of hydrogen-bond donors (Lipinski definition) is 1. The van der Waals surface area contributed by atoms with Crippen LogP contribution >= 0.6 is 0 Å². The molecule has 0 aliphatic carbocycles. The van der Waals surface area contributed by atoms with Crippen molar-refractivity contribution in [3.63, 3.8) is 0 Å². The largest absolute Gasteiger partial charge is 0.314 e. The van der Waals surface area contributed by atoms with Gasteiger partial charge in [-0.3, -0.25) is 10.1 Å². The maximum absolute atomic E-state index is 12.7. The lowest BCUT2D eigenvalue weighted by atomic mass is 10.2. The number of sulfonamides is 1. The monoisotopic (exact) mass is 299 g/mol. The van der Waals surface area contributed by atoms with Crippen molar-refractivity contribution in [2.24, 2.45) is 0 Å². The molecule has 20 heavy (non-hydrogen) atoms. The molecule has 0 bridgehead atoms. The first-order chi connectivity index (χ1) is 9.34. The van der Waals surface area contributed by atoms with Crippen molar-refractivity contribution in [1.29, 1.82) is 0 Å². The summed E-state index contributed by atoms with van der Waals surface area (Å²) >= 11 is 0. The zero-order valence-electron chi connectivity index (χ0n) is 11.3. The van der Waals surface area contributed by atoms with Gasteiger partial charge in [0.2, 0.25) is 10.0 Å². The molecule has 1 aliphatic heterocycles. The van der Waals surface area contributed by atoms with E-state index < -0.39 is 14.9 Å². The van der Waals surface area contributed by atoms with E-state index in [1.54, 1.807) is 0 Å². The molecule has 1 aromatic carbocycles. The molecule has 110 valence electrons. The molecule has 0 spiro atoms. The van der Waals surface area contributed by atoms with Gasteiger partial charge < -0.3 is 5.32 Å². The molecule has 1 saturated heterocycles. The summed E-state index contributed by atoms with van der Waals surface area (Å²) in [7, 11) is -3.73. The van der Waals surface area contributed by atoms with E-state index in [9.17, 15) is 18.5 Å². The van der Waals surface area contributed by atoms with E-state index in [1.807, 2.05) is 13.8 Å². The summed E-state index contributed by atoms with van der Waals surface area (Å²) in [4.78, 5) is 10.1. The zero-order valence-corrected chi connectivity index (χ0v) is 12.1. The Labute approximate surface area is 117 Å². The number of benzene rings is 1. The Hall–Kier alpha value is -1.51. The van der Waals surface area contributed by atoms with Crippen molar-refractivity contribution in [3.8, 4) is 0 Å². The third kappa shape index (κ3) is 2.67. The first-order valence-corrected chi connectivity index (χ1v) is 7.76. The topological polar surface area (TPSA) is 92.6 Å². The number of nitro benzene ring substituents is 1. The van der Waals surface area contributed by atoms with Gasteiger partial charge in [-0.05, 0) is 19.9 Å². The molecule has 1 heterocycles. The third-order valence-corrected chi connectivity index (χ3v) is 5.48. The average molecular weight is 299 g/mol. The van der Waals surface area contributed by atoms with Crippen LogP contribution in [0, 0.1) is 10.1 Å².